The number of halogens is 1. The van der Waals surface area contributed by atoms with Crippen LogP contribution in [0.15, 0.2) is 46.3 Å². The first-order chi connectivity index (χ1) is 14.4. The minimum Gasteiger partial charge on any atom is -0.378 e. The van der Waals surface area contributed by atoms with Gasteiger partial charge in [0.2, 0.25) is 10.0 Å². The van der Waals surface area contributed by atoms with Crippen molar-refractivity contribution in [3.8, 4) is 0 Å². The monoisotopic (exact) mass is 500 g/mol. The number of unbranched alkanes of at least 4 members (excludes halogenated alkanes) is 3. The molecule has 30 heavy (non-hydrogen) atoms. The van der Waals surface area contributed by atoms with Gasteiger partial charge in [-0.3, -0.25) is 0 Å². The molecular formula is C23H37BrN2O3S. The minimum absolute atomic E-state index is 0.0366. The number of nitrogens with zero attached hydrogens (tertiary/aromatic N) is 2. The maximum absolute atomic E-state index is 13.0. The molecule has 0 saturated heterocycles. The van der Waals surface area contributed by atoms with Crippen LogP contribution in [0.5, 0.6) is 0 Å². The Morgan fingerprint density at radius 1 is 1.10 bits per heavy atom. The molecule has 0 radical (unpaired) electrons. The Balaban J connectivity index is 1.65. The first kappa shape index (κ1) is 25.5. The lowest BCUT2D eigenvalue weighted by Crippen LogP contribution is -2.40. The predicted octanol–water partition coefficient (Wildman–Crippen LogP) is 5.08. The third-order valence-corrected chi connectivity index (χ3v) is 8.80. The molecule has 170 valence electrons. The third kappa shape index (κ3) is 7.75. The van der Waals surface area contributed by atoms with Gasteiger partial charge in [-0.25, -0.2) is 8.42 Å². The Morgan fingerprint density at radius 2 is 1.77 bits per heavy atom. The zero-order valence-corrected chi connectivity index (χ0v) is 20.8. The van der Waals surface area contributed by atoms with E-state index >= 15 is 0 Å². The maximum atomic E-state index is 13.0. The summed E-state index contributed by atoms with van der Waals surface area (Å²) in [5.74, 6) is 0. The van der Waals surface area contributed by atoms with Gasteiger partial charge >= 0.3 is 0 Å². The number of sulfonamides is 1. The summed E-state index contributed by atoms with van der Waals surface area (Å²) in [6.45, 7) is 6.64. The Bertz CT molecular complexity index is 749. The molecule has 0 N–H and O–H groups in total. The second-order valence-corrected chi connectivity index (χ2v) is 11.0. The highest BCUT2D eigenvalue weighted by Crippen LogP contribution is 2.30. The van der Waals surface area contributed by atoms with E-state index in [9.17, 15) is 8.42 Å². The summed E-state index contributed by atoms with van der Waals surface area (Å²) in [6.07, 6.45) is 10.5. The van der Waals surface area contributed by atoms with Crippen LogP contribution in [0.4, 0.5) is 0 Å². The van der Waals surface area contributed by atoms with Crippen LogP contribution in [0.2, 0.25) is 0 Å². The van der Waals surface area contributed by atoms with Crippen LogP contribution in [0.1, 0.15) is 51.4 Å². The average Bonchev–Trinajstić information content (AvgIpc) is 2.73. The van der Waals surface area contributed by atoms with Gasteiger partial charge in [0.25, 0.3) is 0 Å². The average molecular weight is 502 g/mol. The zero-order valence-electron chi connectivity index (χ0n) is 18.4. The molecule has 0 amide bonds. The van der Waals surface area contributed by atoms with E-state index < -0.39 is 10.0 Å². The summed E-state index contributed by atoms with van der Waals surface area (Å²) in [5.41, 5.74) is 0. The van der Waals surface area contributed by atoms with E-state index in [1.807, 2.05) is 12.1 Å². The molecule has 7 heteroatoms. The standard InChI is InChI=1S/C23H37BrN2O3S/c1-4-17-25(2)18-9-5-6-10-19-29-21-15-13-20(14-16-21)26(3)30(27,28)23-12-8-7-11-22(23)24/h4,7-8,11-12,20-21H,1,5-6,9-10,13-19H2,2-3H3. The fourth-order valence-corrected chi connectivity index (χ4v) is 6.36. The third-order valence-electron chi connectivity index (χ3n) is 5.88. The number of likely N-dealkylation sites (N-methyl/N-ethyl adjacent to an activating group) is 1. The van der Waals surface area contributed by atoms with E-state index in [-0.39, 0.29) is 12.1 Å². The van der Waals surface area contributed by atoms with Gasteiger partial charge < -0.3 is 9.64 Å². The molecule has 0 aliphatic heterocycles. The van der Waals surface area contributed by atoms with Crippen molar-refractivity contribution in [3.05, 3.63) is 41.4 Å². The van der Waals surface area contributed by atoms with E-state index in [0.717, 1.165) is 51.8 Å². The molecule has 5 nitrogen and oxygen atoms in total. The largest absolute Gasteiger partial charge is 0.378 e. The lowest BCUT2D eigenvalue weighted by molar-refractivity contribution is 0.0156. The van der Waals surface area contributed by atoms with E-state index in [2.05, 4.69) is 34.5 Å². The molecule has 0 aromatic heterocycles. The van der Waals surface area contributed by atoms with E-state index in [0.29, 0.717) is 9.37 Å². The van der Waals surface area contributed by atoms with Crippen molar-refractivity contribution in [1.82, 2.24) is 9.21 Å². The number of rotatable bonds is 13. The molecule has 1 aromatic carbocycles. The van der Waals surface area contributed by atoms with Crippen molar-refractivity contribution < 1.29 is 13.2 Å². The van der Waals surface area contributed by atoms with E-state index in [1.165, 1.54) is 19.3 Å². The Kier molecular flexibility index (Phi) is 11.0. The van der Waals surface area contributed by atoms with Gasteiger partial charge in [-0.15, -0.1) is 6.58 Å². The van der Waals surface area contributed by atoms with Gasteiger partial charge in [0, 0.05) is 30.7 Å². The maximum Gasteiger partial charge on any atom is 0.244 e. The molecule has 0 unspecified atom stereocenters. The Morgan fingerprint density at radius 3 is 2.43 bits per heavy atom. The fourth-order valence-electron chi connectivity index (χ4n) is 3.98. The number of hydrogen-bond acceptors (Lipinski definition) is 4. The molecule has 0 spiro atoms. The number of benzene rings is 1. The highest BCUT2D eigenvalue weighted by molar-refractivity contribution is 9.10. The van der Waals surface area contributed by atoms with Gasteiger partial charge in [0.15, 0.2) is 0 Å². The quantitative estimate of drug-likeness (QED) is 0.280. The summed E-state index contributed by atoms with van der Waals surface area (Å²) in [5, 5.41) is 0. The molecule has 2 rings (SSSR count). The first-order valence-corrected chi connectivity index (χ1v) is 13.2. The van der Waals surface area contributed by atoms with Crippen LogP contribution in [-0.2, 0) is 14.8 Å². The van der Waals surface area contributed by atoms with Crippen molar-refractivity contribution in [1.29, 1.82) is 0 Å². The number of hydrogen-bond donors (Lipinski definition) is 0. The lowest BCUT2D eigenvalue weighted by Gasteiger charge is -2.34. The van der Waals surface area contributed by atoms with E-state index in [1.54, 1.807) is 29.6 Å². The van der Waals surface area contributed by atoms with Crippen molar-refractivity contribution in [3.63, 3.8) is 0 Å². The fraction of sp³-hybridized carbons (Fsp3) is 0.652. The van der Waals surface area contributed by atoms with Crippen LogP contribution >= 0.6 is 15.9 Å². The molecule has 1 saturated carbocycles. The predicted molar refractivity (Wildman–Crippen MR) is 127 cm³/mol. The van der Waals surface area contributed by atoms with Gasteiger partial charge in [-0.1, -0.05) is 31.1 Å². The first-order valence-electron chi connectivity index (χ1n) is 11.0. The van der Waals surface area contributed by atoms with Crippen LogP contribution in [0.3, 0.4) is 0 Å². The van der Waals surface area contributed by atoms with Crippen molar-refractivity contribution in [2.75, 3.05) is 33.8 Å². The molecular weight excluding hydrogens is 464 g/mol. The van der Waals surface area contributed by atoms with Crippen molar-refractivity contribution in [2.24, 2.45) is 0 Å². The van der Waals surface area contributed by atoms with Gasteiger partial charge in [-0.05, 0) is 80.2 Å². The second kappa shape index (κ2) is 13.0. The molecule has 1 fully saturated rings. The highest BCUT2D eigenvalue weighted by Gasteiger charge is 2.32. The minimum atomic E-state index is -3.49. The molecule has 1 aromatic rings. The molecule has 1 aliphatic rings. The normalized spacial score (nSPS) is 20.0. The zero-order chi connectivity index (χ0) is 22.0. The number of ether oxygens (including phenoxy) is 1. The molecule has 0 bridgehead atoms. The van der Waals surface area contributed by atoms with Crippen molar-refractivity contribution >= 4 is 26.0 Å². The van der Waals surface area contributed by atoms with Crippen molar-refractivity contribution in [2.45, 2.75) is 68.4 Å². The van der Waals surface area contributed by atoms with Crippen LogP contribution < -0.4 is 0 Å². The SMILES string of the molecule is C=CCN(C)CCCCCCOC1CCC(N(C)S(=O)(=O)c2ccccc2Br)CC1. The summed E-state index contributed by atoms with van der Waals surface area (Å²) in [6, 6.07) is 7.05. The Labute approximate surface area is 191 Å². The van der Waals surface area contributed by atoms with Gasteiger partial charge in [0.1, 0.15) is 0 Å². The van der Waals surface area contributed by atoms with Crippen LogP contribution in [0.25, 0.3) is 0 Å². The summed E-state index contributed by atoms with van der Waals surface area (Å²) < 4.78 is 34.2. The van der Waals surface area contributed by atoms with Crippen LogP contribution in [0, 0.1) is 0 Å². The molecule has 1 aliphatic carbocycles. The Hall–Kier alpha value is -0.730. The lowest BCUT2D eigenvalue weighted by atomic mass is 9.93. The summed E-state index contributed by atoms with van der Waals surface area (Å²) in [7, 11) is 0.339. The molecule has 0 atom stereocenters. The highest BCUT2D eigenvalue weighted by atomic mass is 79.9. The topological polar surface area (TPSA) is 49.9 Å². The summed E-state index contributed by atoms with van der Waals surface area (Å²) in [4.78, 5) is 2.62. The van der Waals surface area contributed by atoms with E-state index in [4.69, 9.17) is 4.74 Å². The second-order valence-electron chi connectivity index (χ2n) is 8.22. The van der Waals surface area contributed by atoms with Crippen LogP contribution in [-0.4, -0.2) is 63.6 Å². The summed E-state index contributed by atoms with van der Waals surface area (Å²) >= 11 is 3.37. The molecule has 0 heterocycles. The van der Waals surface area contributed by atoms with Gasteiger partial charge in [0.05, 0.1) is 11.0 Å². The van der Waals surface area contributed by atoms with Gasteiger partial charge in [-0.2, -0.15) is 4.31 Å². The smallest absolute Gasteiger partial charge is 0.244 e.